The zero-order chi connectivity index (χ0) is 12.4. The van der Waals surface area contributed by atoms with Crippen molar-refractivity contribution in [3.63, 3.8) is 0 Å². The number of rotatable bonds is 3. The van der Waals surface area contributed by atoms with Crippen molar-refractivity contribution in [3.05, 3.63) is 11.7 Å². The third kappa shape index (κ3) is 2.60. The molecule has 0 spiro atoms. The first-order valence-electron chi connectivity index (χ1n) is 6.80. The van der Waals surface area contributed by atoms with Gasteiger partial charge < -0.3 is 4.52 Å². The highest BCUT2D eigenvalue weighted by molar-refractivity contribution is 7.99. The molecule has 98 valence electrons. The standard InChI is InChI=1S/C13H18N2O2S/c16-10-5-2-1-4-9(10)8-12-14-13(15-17-12)11-6-3-7-18-11/h9,11H,1-8H2. The van der Waals surface area contributed by atoms with Crippen LogP contribution in [-0.2, 0) is 11.2 Å². The maximum absolute atomic E-state index is 11.8. The Morgan fingerprint density at radius 2 is 2.22 bits per heavy atom. The summed E-state index contributed by atoms with van der Waals surface area (Å²) in [6.07, 6.45) is 6.92. The molecule has 0 N–H and O–H groups in total. The van der Waals surface area contributed by atoms with Crippen molar-refractivity contribution in [2.24, 2.45) is 5.92 Å². The molecule has 1 saturated heterocycles. The van der Waals surface area contributed by atoms with Crippen LogP contribution in [0.4, 0.5) is 0 Å². The number of Topliss-reactive ketones (excluding diaryl/α,β-unsaturated/α-hetero) is 1. The van der Waals surface area contributed by atoms with Gasteiger partial charge in [-0.05, 0) is 31.4 Å². The minimum atomic E-state index is 0.114. The van der Waals surface area contributed by atoms with E-state index in [9.17, 15) is 4.79 Å². The molecule has 1 aliphatic heterocycles. The normalized spacial score (nSPS) is 28.8. The van der Waals surface area contributed by atoms with Crippen LogP contribution in [-0.4, -0.2) is 21.7 Å². The van der Waals surface area contributed by atoms with Gasteiger partial charge in [0.2, 0.25) is 5.89 Å². The van der Waals surface area contributed by atoms with Crippen LogP contribution in [0.15, 0.2) is 4.52 Å². The van der Waals surface area contributed by atoms with Gasteiger partial charge in [-0.1, -0.05) is 11.6 Å². The lowest BCUT2D eigenvalue weighted by Gasteiger charge is -2.18. The molecule has 2 unspecified atom stereocenters. The van der Waals surface area contributed by atoms with Crippen LogP contribution in [0, 0.1) is 5.92 Å². The van der Waals surface area contributed by atoms with Gasteiger partial charge in [0.05, 0.1) is 5.25 Å². The maximum atomic E-state index is 11.8. The number of hydrogen-bond donors (Lipinski definition) is 0. The molecule has 2 atom stereocenters. The fourth-order valence-corrected chi connectivity index (χ4v) is 3.94. The lowest BCUT2D eigenvalue weighted by Crippen LogP contribution is -2.21. The van der Waals surface area contributed by atoms with Gasteiger partial charge >= 0.3 is 0 Å². The zero-order valence-electron chi connectivity index (χ0n) is 10.4. The number of ketones is 1. The van der Waals surface area contributed by atoms with Gasteiger partial charge in [0, 0.05) is 18.8 Å². The van der Waals surface area contributed by atoms with Crippen LogP contribution in [0.1, 0.15) is 55.5 Å². The van der Waals surface area contributed by atoms with E-state index in [-0.39, 0.29) is 5.92 Å². The van der Waals surface area contributed by atoms with Gasteiger partial charge in [-0.25, -0.2) is 0 Å². The first kappa shape index (κ1) is 12.2. The van der Waals surface area contributed by atoms with E-state index in [2.05, 4.69) is 10.1 Å². The molecule has 0 bridgehead atoms. The summed E-state index contributed by atoms with van der Waals surface area (Å²) in [5.74, 6) is 3.16. The van der Waals surface area contributed by atoms with E-state index >= 15 is 0 Å². The highest BCUT2D eigenvalue weighted by Crippen LogP contribution is 2.38. The fraction of sp³-hybridized carbons (Fsp3) is 0.769. The van der Waals surface area contributed by atoms with Crippen molar-refractivity contribution in [3.8, 4) is 0 Å². The lowest BCUT2D eigenvalue weighted by molar-refractivity contribution is -0.124. The highest BCUT2D eigenvalue weighted by atomic mass is 32.2. The molecule has 0 radical (unpaired) electrons. The number of nitrogens with zero attached hydrogens (tertiary/aromatic N) is 2. The number of carbonyl (C=O) groups excluding carboxylic acids is 1. The van der Waals surface area contributed by atoms with Crippen molar-refractivity contribution in [2.45, 2.75) is 50.2 Å². The van der Waals surface area contributed by atoms with Crippen LogP contribution in [0.3, 0.4) is 0 Å². The van der Waals surface area contributed by atoms with E-state index < -0.39 is 0 Å². The molecule has 0 amide bonds. The van der Waals surface area contributed by atoms with Gasteiger partial charge in [-0.15, -0.1) is 0 Å². The van der Waals surface area contributed by atoms with Crippen LogP contribution < -0.4 is 0 Å². The van der Waals surface area contributed by atoms with Gasteiger partial charge in [0.25, 0.3) is 0 Å². The number of aromatic nitrogens is 2. The van der Waals surface area contributed by atoms with E-state index in [1.807, 2.05) is 11.8 Å². The summed E-state index contributed by atoms with van der Waals surface area (Å²) in [7, 11) is 0. The van der Waals surface area contributed by atoms with Gasteiger partial charge in [0.1, 0.15) is 5.78 Å². The molecule has 0 aromatic carbocycles. The summed E-state index contributed by atoms with van der Waals surface area (Å²) >= 11 is 1.90. The second-order valence-electron chi connectivity index (χ2n) is 5.16. The third-order valence-corrected chi connectivity index (χ3v) is 5.18. The maximum Gasteiger partial charge on any atom is 0.227 e. The Kier molecular flexibility index (Phi) is 3.68. The Labute approximate surface area is 111 Å². The van der Waals surface area contributed by atoms with E-state index in [1.165, 1.54) is 12.2 Å². The van der Waals surface area contributed by atoms with Crippen LogP contribution in [0.2, 0.25) is 0 Å². The average Bonchev–Trinajstić information content (AvgIpc) is 3.02. The number of hydrogen-bond acceptors (Lipinski definition) is 5. The third-order valence-electron chi connectivity index (χ3n) is 3.80. The van der Waals surface area contributed by atoms with Crippen molar-refractivity contribution in [2.75, 3.05) is 5.75 Å². The van der Waals surface area contributed by atoms with E-state index in [0.717, 1.165) is 37.9 Å². The summed E-state index contributed by atoms with van der Waals surface area (Å²) < 4.78 is 5.30. The first-order valence-corrected chi connectivity index (χ1v) is 7.84. The Morgan fingerprint density at radius 3 is 3.00 bits per heavy atom. The molecule has 2 heterocycles. The Hall–Kier alpha value is -0.840. The van der Waals surface area contributed by atoms with Crippen molar-refractivity contribution in [1.29, 1.82) is 0 Å². The highest BCUT2D eigenvalue weighted by Gasteiger charge is 2.27. The summed E-state index contributed by atoms with van der Waals surface area (Å²) in [5, 5.41) is 4.48. The average molecular weight is 266 g/mol. The Balaban J connectivity index is 1.64. The topological polar surface area (TPSA) is 56.0 Å². The number of carbonyl (C=O) groups is 1. The van der Waals surface area contributed by atoms with Crippen molar-refractivity contribution < 1.29 is 9.32 Å². The predicted octanol–water partition coefficient (Wildman–Crippen LogP) is 2.94. The first-order chi connectivity index (χ1) is 8.83. The van der Waals surface area contributed by atoms with E-state index in [0.29, 0.717) is 23.3 Å². The summed E-state index contributed by atoms with van der Waals surface area (Å²) in [5.41, 5.74) is 0. The molecule has 18 heavy (non-hydrogen) atoms. The molecule has 1 aromatic heterocycles. The molecule has 1 saturated carbocycles. The summed E-state index contributed by atoms with van der Waals surface area (Å²) in [6, 6.07) is 0. The quantitative estimate of drug-likeness (QED) is 0.842. The molecular formula is C13H18N2O2S. The Bertz CT molecular complexity index is 426. The Morgan fingerprint density at radius 1 is 1.28 bits per heavy atom. The summed E-state index contributed by atoms with van der Waals surface area (Å²) in [6.45, 7) is 0. The van der Waals surface area contributed by atoms with E-state index in [4.69, 9.17) is 4.52 Å². The van der Waals surface area contributed by atoms with Crippen molar-refractivity contribution >= 4 is 17.5 Å². The molecule has 2 fully saturated rings. The van der Waals surface area contributed by atoms with Crippen LogP contribution in [0.5, 0.6) is 0 Å². The van der Waals surface area contributed by atoms with E-state index in [1.54, 1.807) is 0 Å². The fourth-order valence-electron chi connectivity index (χ4n) is 2.74. The number of thioether (sulfide) groups is 1. The SMILES string of the molecule is O=C1CCCCC1Cc1nc(C2CCCS2)no1. The monoisotopic (exact) mass is 266 g/mol. The van der Waals surface area contributed by atoms with Crippen LogP contribution >= 0.6 is 11.8 Å². The minimum Gasteiger partial charge on any atom is -0.339 e. The van der Waals surface area contributed by atoms with Gasteiger partial charge in [-0.2, -0.15) is 16.7 Å². The molecule has 5 heteroatoms. The van der Waals surface area contributed by atoms with Crippen LogP contribution in [0.25, 0.3) is 0 Å². The molecule has 1 aromatic rings. The molecule has 2 aliphatic rings. The molecular weight excluding hydrogens is 248 g/mol. The second kappa shape index (κ2) is 5.43. The molecule has 1 aliphatic carbocycles. The minimum absolute atomic E-state index is 0.114. The molecule has 3 rings (SSSR count). The lowest BCUT2D eigenvalue weighted by atomic mass is 9.86. The zero-order valence-corrected chi connectivity index (χ0v) is 11.2. The summed E-state index contributed by atoms with van der Waals surface area (Å²) in [4.78, 5) is 16.2. The predicted molar refractivity (Wildman–Crippen MR) is 69.4 cm³/mol. The van der Waals surface area contributed by atoms with Crippen molar-refractivity contribution in [1.82, 2.24) is 10.1 Å². The van der Waals surface area contributed by atoms with Gasteiger partial charge in [-0.3, -0.25) is 4.79 Å². The molecule has 4 nitrogen and oxygen atoms in total. The largest absolute Gasteiger partial charge is 0.339 e. The van der Waals surface area contributed by atoms with Gasteiger partial charge in [0.15, 0.2) is 5.82 Å². The second-order valence-corrected chi connectivity index (χ2v) is 6.47. The smallest absolute Gasteiger partial charge is 0.227 e.